The number of carbonyl (C=O) groups excluding carboxylic acids is 1. The van der Waals surface area contributed by atoms with Gasteiger partial charge < -0.3 is 10.4 Å². The van der Waals surface area contributed by atoms with Crippen LogP contribution in [0.4, 0.5) is 0 Å². The van der Waals surface area contributed by atoms with Crippen LogP contribution < -0.4 is 5.32 Å². The fourth-order valence-corrected chi connectivity index (χ4v) is 2.44. The molecule has 1 unspecified atom stereocenters. The third-order valence-corrected chi connectivity index (χ3v) is 3.33. The van der Waals surface area contributed by atoms with Crippen LogP contribution in [0.2, 0.25) is 0 Å². The summed E-state index contributed by atoms with van der Waals surface area (Å²) in [5.74, 6) is 0.336. The number of nitrogens with one attached hydrogen (secondary N) is 1. The van der Waals surface area contributed by atoms with Crippen molar-refractivity contribution in [3.05, 3.63) is 0 Å². The van der Waals surface area contributed by atoms with Gasteiger partial charge >= 0.3 is 0 Å². The van der Waals surface area contributed by atoms with Crippen LogP contribution in [-0.4, -0.2) is 23.7 Å². The summed E-state index contributed by atoms with van der Waals surface area (Å²) in [4.78, 5) is 11.8. The fraction of sp³-hybridized carbons (Fsp3) is 0.917. The molecule has 3 atom stereocenters. The van der Waals surface area contributed by atoms with Crippen molar-refractivity contribution in [1.82, 2.24) is 5.32 Å². The number of aliphatic hydroxyl groups is 1. The standard InChI is InChI=1S/C12H23NO2/c1-3-8-13-12(15)11-7-5-4-6-10(11)9(2)14/h9-11,14H,3-8H2,1-2H3,(H,13,15)/t9-,10?,11+/m0/s1. The summed E-state index contributed by atoms with van der Waals surface area (Å²) in [5.41, 5.74) is 0. The maximum atomic E-state index is 11.8. The molecule has 1 aliphatic carbocycles. The zero-order valence-electron chi connectivity index (χ0n) is 9.83. The molecule has 3 heteroatoms. The van der Waals surface area contributed by atoms with Gasteiger partial charge in [0, 0.05) is 12.5 Å². The van der Waals surface area contributed by atoms with Crippen LogP contribution in [0, 0.1) is 11.8 Å². The number of hydrogen-bond acceptors (Lipinski definition) is 2. The molecular formula is C12H23NO2. The van der Waals surface area contributed by atoms with Gasteiger partial charge in [-0.25, -0.2) is 0 Å². The Morgan fingerprint density at radius 3 is 2.73 bits per heavy atom. The van der Waals surface area contributed by atoms with Crippen molar-refractivity contribution in [2.45, 2.75) is 52.1 Å². The quantitative estimate of drug-likeness (QED) is 0.746. The predicted molar refractivity (Wildman–Crippen MR) is 60.4 cm³/mol. The lowest BCUT2D eigenvalue weighted by Crippen LogP contribution is -2.40. The van der Waals surface area contributed by atoms with Gasteiger partial charge in [-0.2, -0.15) is 0 Å². The van der Waals surface area contributed by atoms with Crippen molar-refractivity contribution in [2.75, 3.05) is 6.54 Å². The Kier molecular flexibility index (Phi) is 5.09. The highest BCUT2D eigenvalue weighted by molar-refractivity contribution is 5.79. The number of hydrogen-bond donors (Lipinski definition) is 2. The highest BCUT2D eigenvalue weighted by atomic mass is 16.3. The van der Waals surface area contributed by atoms with Crippen molar-refractivity contribution in [2.24, 2.45) is 11.8 Å². The number of amides is 1. The first-order chi connectivity index (χ1) is 7.16. The summed E-state index contributed by atoms with van der Waals surface area (Å²) in [5, 5.41) is 12.6. The molecule has 0 aliphatic heterocycles. The van der Waals surface area contributed by atoms with Crippen molar-refractivity contribution in [3.8, 4) is 0 Å². The normalized spacial score (nSPS) is 28.5. The smallest absolute Gasteiger partial charge is 0.223 e. The molecule has 0 aromatic heterocycles. The van der Waals surface area contributed by atoms with Crippen molar-refractivity contribution >= 4 is 5.91 Å². The summed E-state index contributed by atoms with van der Waals surface area (Å²) in [7, 11) is 0. The molecule has 1 fully saturated rings. The van der Waals surface area contributed by atoms with Gasteiger partial charge in [0.05, 0.1) is 6.10 Å². The lowest BCUT2D eigenvalue weighted by atomic mass is 9.76. The second-order valence-corrected chi connectivity index (χ2v) is 4.59. The minimum Gasteiger partial charge on any atom is -0.393 e. The van der Waals surface area contributed by atoms with Gasteiger partial charge in [0.1, 0.15) is 0 Å². The Morgan fingerprint density at radius 1 is 1.47 bits per heavy atom. The van der Waals surface area contributed by atoms with E-state index in [1.165, 1.54) is 0 Å². The zero-order chi connectivity index (χ0) is 11.3. The average molecular weight is 213 g/mol. The third-order valence-electron chi connectivity index (χ3n) is 3.33. The maximum absolute atomic E-state index is 11.8. The average Bonchev–Trinajstić information content (AvgIpc) is 2.25. The van der Waals surface area contributed by atoms with E-state index in [2.05, 4.69) is 5.32 Å². The SMILES string of the molecule is CCCNC(=O)[C@@H]1CCCCC1[C@H](C)O. The molecule has 0 radical (unpaired) electrons. The predicted octanol–water partition coefficient (Wildman–Crippen LogP) is 1.70. The molecule has 0 aromatic rings. The zero-order valence-corrected chi connectivity index (χ0v) is 9.83. The monoisotopic (exact) mass is 213 g/mol. The summed E-state index contributed by atoms with van der Waals surface area (Å²) in [6.07, 6.45) is 4.80. The summed E-state index contributed by atoms with van der Waals surface area (Å²) in [6.45, 7) is 4.60. The van der Waals surface area contributed by atoms with E-state index in [0.717, 1.165) is 38.6 Å². The molecule has 3 nitrogen and oxygen atoms in total. The molecule has 0 heterocycles. The largest absolute Gasteiger partial charge is 0.393 e. The Bertz CT molecular complexity index is 204. The molecule has 15 heavy (non-hydrogen) atoms. The first-order valence-corrected chi connectivity index (χ1v) is 6.12. The second-order valence-electron chi connectivity index (χ2n) is 4.59. The first-order valence-electron chi connectivity index (χ1n) is 6.12. The minimum atomic E-state index is -0.359. The Hall–Kier alpha value is -0.570. The van der Waals surface area contributed by atoms with Gasteiger partial charge in [-0.1, -0.05) is 19.8 Å². The summed E-state index contributed by atoms with van der Waals surface area (Å²) >= 11 is 0. The number of rotatable bonds is 4. The molecular weight excluding hydrogens is 190 g/mol. The molecule has 0 saturated heterocycles. The van der Waals surface area contributed by atoms with Crippen LogP contribution in [0.1, 0.15) is 46.0 Å². The van der Waals surface area contributed by atoms with E-state index in [4.69, 9.17) is 0 Å². The van der Waals surface area contributed by atoms with E-state index >= 15 is 0 Å². The highest BCUT2D eigenvalue weighted by Gasteiger charge is 2.33. The van der Waals surface area contributed by atoms with Crippen LogP contribution in [-0.2, 0) is 4.79 Å². The molecule has 1 saturated carbocycles. The second kappa shape index (κ2) is 6.11. The lowest BCUT2D eigenvalue weighted by Gasteiger charge is -2.32. The summed E-state index contributed by atoms with van der Waals surface area (Å²) in [6, 6.07) is 0. The van der Waals surface area contributed by atoms with Crippen LogP contribution in [0.3, 0.4) is 0 Å². The van der Waals surface area contributed by atoms with Gasteiger partial charge in [-0.3, -0.25) is 4.79 Å². The van der Waals surface area contributed by atoms with Gasteiger partial charge in [-0.05, 0) is 32.1 Å². The van der Waals surface area contributed by atoms with Crippen molar-refractivity contribution in [3.63, 3.8) is 0 Å². The topological polar surface area (TPSA) is 49.3 Å². The molecule has 88 valence electrons. The van der Waals surface area contributed by atoms with E-state index in [0.29, 0.717) is 0 Å². The molecule has 0 spiro atoms. The van der Waals surface area contributed by atoms with E-state index in [1.807, 2.05) is 6.92 Å². The van der Waals surface area contributed by atoms with Crippen LogP contribution >= 0.6 is 0 Å². The highest BCUT2D eigenvalue weighted by Crippen LogP contribution is 2.32. The molecule has 1 rings (SSSR count). The molecule has 0 aromatic carbocycles. The molecule has 2 N–H and O–H groups in total. The van der Waals surface area contributed by atoms with Crippen LogP contribution in [0.15, 0.2) is 0 Å². The van der Waals surface area contributed by atoms with E-state index in [9.17, 15) is 9.90 Å². The first kappa shape index (κ1) is 12.5. The summed E-state index contributed by atoms with van der Waals surface area (Å²) < 4.78 is 0. The Morgan fingerprint density at radius 2 is 2.13 bits per heavy atom. The van der Waals surface area contributed by atoms with Crippen LogP contribution in [0.5, 0.6) is 0 Å². The lowest BCUT2D eigenvalue weighted by molar-refractivity contribution is -0.129. The minimum absolute atomic E-state index is 0.0327. The van der Waals surface area contributed by atoms with Crippen LogP contribution in [0.25, 0.3) is 0 Å². The van der Waals surface area contributed by atoms with Gasteiger partial charge in [0.25, 0.3) is 0 Å². The Balaban J connectivity index is 2.51. The van der Waals surface area contributed by atoms with Gasteiger partial charge in [0.15, 0.2) is 0 Å². The van der Waals surface area contributed by atoms with E-state index in [-0.39, 0.29) is 23.8 Å². The van der Waals surface area contributed by atoms with E-state index in [1.54, 1.807) is 6.92 Å². The van der Waals surface area contributed by atoms with Crippen molar-refractivity contribution < 1.29 is 9.90 Å². The fourth-order valence-electron chi connectivity index (χ4n) is 2.44. The van der Waals surface area contributed by atoms with Crippen molar-refractivity contribution in [1.29, 1.82) is 0 Å². The van der Waals surface area contributed by atoms with Gasteiger partial charge in [0.2, 0.25) is 5.91 Å². The number of aliphatic hydroxyl groups excluding tert-OH is 1. The molecule has 0 bridgehead atoms. The maximum Gasteiger partial charge on any atom is 0.223 e. The Labute approximate surface area is 92.3 Å². The molecule has 1 amide bonds. The number of carbonyl (C=O) groups is 1. The third kappa shape index (κ3) is 3.49. The van der Waals surface area contributed by atoms with E-state index < -0.39 is 0 Å². The van der Waals surface area contributed by atoms with Gasteiger partial charge in [-0.15, -0.1) is 0 Å². The molecule has 1 aliphatic rings.